The summed E-state index contributed by atoms with van der Waals surface area (Å²) in [4.78, 5) is 0. The monoisotopic (exact) mass is 408 g/mol. The Balaban J connectivity index is 1.31. The first kappa shape index (κ1) is 17.4. The predicted molar refractivity (Wildman–Crippen MR) is 99.3 cm³/mol. The van der Waals surface area contributed by atoms with E-state index in [1.807, 2.05) is 6.08 Å². The van der Waals surface area contributed by atoms with Crippen molar-refractivity contribution in [2.45, 2.75) is 61.7 Å². The number of para-hydroxylation sites is 1. The molecular formula is C20H25BrO4. The summed E-state index contributed by atoms with van der Waals surface area (Å²) in [5, 5.41) is 9.83. The van der Waals surface area contributed by atoms with Gasteiger partial charge in [0.2, 0.25) is 0 Å². The molecule has 1 aromatic carbocycles. The number of rotatable bonds is 6. The summed E-state index contributed by atoms with van der Waals surface area (Å²) in [6, 6.07) is 6.34. The van der Waals surface area contributed by atoms with Crippen LogP contribution in [0.1, 0.15) is 55.6 Å². The van der Waals surface area contributed by atoms with E-state index in [4.69, 9.17) is 14.2 Å². The summed E-state index contributed by atoms with van der Waals surface area (Å²) < 4.78 is 17.1. The fourth-order valence-electron chi connectivity index (χ4n) is 3.97. The van der Waals surface area contributed by atoms with Gasteiger partial charge in [-0.1, -0.05) is 18.2 Å². The van der Waals surface area contributed by atoms with E-state index in [0.29, 0.717) is 12.2 Å². The number of unbranched alkanes of at least 4 members (excludes halogenated alkanes) is 1. The second-order valence-corrected chi connectivity index (χ2v) is 8.50. The highest BCUT2D eigenvalue weighted by Crippen LogP contribution is 2.56. The van der Waals surface area contributed by atoms with E-state index in [-0.39, 0.29) is 12.2 Å². The van der Waals surface area contributed by atoms with E-state index in [2.05, 4.69) is 34.1 Å². The first-order valence-electron chi connectivity index (χ1n) is 9.28. The normalized spacial score (nSPS) is 30.5. The van der Waals surface area contributed by atoms with Crippen molar-refractivity contribution < 1.29 is 19.3 Å². The zero-order valence-electron chi connectivity index (χ0n) is 14.4. The average molecular weight is 409 g/mol. The van der Waals surface area contributed by atoms with Gasteiger partial charge in [-0.05, 0) is 66.1 Å². The van der Waals surface area contributed by atoms with Gasteiger partial charge in [0.1, 0.15) is 5.75 Å². The van der Waals surface area contributed by atoms with Crippen molar-refractivity contribution in [3.8, 4) is 5.75 Å². The van der Waals surface area contributed by atoms with Gasteiger partial charge in [-0.2, -0.15) is 0 Å². The number of aryl methyl sites for hydroxylation is 1. The first-order valence-corrected chi connectivity index (χ1v) is 10.1. The van der Waals surface area contributed by atoms with Crippen LogP contribution in [0.5, 0.6) is 5.75 Å². The molecule has 3 aliphatic rings. The maximum Gasteiger partial charge on any atom is 0.180 e. The van der Waals surface area contributed by atoms with Gasteiger partial charge in [-0.15, -0.1) is 0 Å². The van der Waals surface area contributed by atoms with Gasteiger partial charge < -0.3 is 19.3 Å². The van der Waals surface area contributed by atoms with Crippen molar-refractivity contribution in [1.29, 1.82) is 0 Å². The fourth-order valence-corrected chi connectivity index (χ4v) is 4.80. The van der Waals surface area contributed by atoms with Crippen LogP contribution in [0, 0.1) is 0 Å². The summed E-state index contributed by atoms with van der Waals surface area (Å²) >= 11 is 3.70. The minimum absolute atomic E-state index is 0.00477. The largest absolute Gasteiger partial charge is 0.512 e. The first-order chi connectivity index (χ1) is 12.2. The van der Waals surface area contributed by atoms with E-state index in [9.17, 15) is 5.11 Å². The van der Waals surface area contributed by atoms with E-state index in [1.165, 1.54) is 17.5 Å². The predicted octanol–water partition coefficient (Wildman–Crippen LogP) is 4.97. The molecule has 2 heterocycles. The molecule has 0 saturated carbocycles. The molecule has 3 atom stereocenters. The summed E-state index contributed by atoms with van der Waals surface area (Å²) in [5.41, 5.74) is 2.41. The molecule has 0 amide bonds. The molecule has 2 aliphatic heterocycles. The van der Waals surface area contributed by atoms with Crippen LogP contribution < -0.4 is 4.74 Å². The maximum absolute atomic E-state index is 9.83. The Bertz CT molecular complexity index is 653. The number of aliphatic hydroxyl groups is 1. The lowest BCUT2D eigenvalue weighted by atomic mass is 9.95. The Morgan fingerprint density at radius 1 is 1.28 bits per heavy atom. The minimum Gasteiger partial charge on any atom is -0.512 e. The number of alkyl halides is 1. The molecule has 0 bridgehead atoms. The van der Waals surface area contributed by atoms with Gasteiger partial charge in [-0.3, -0.25) is 0 Å². The Morgan fingerprint density at radius 3 is 3.04 bits per heavy atom. The Morgan fingerprint density at radius 2 is 2.20 bits per heavy atom. The molecule has 136 valence electrons. The number of ether oxygens (including phenoxy) is 3. The Kier molecular flexibility index (Phi) is 5.07. The molecule has 0 spiro atoms. The van der Waals surface area contributed by atoms with E-state index >= 15 is 0 Å². The molecule has 1 unspecified atom stereocenters. The second kappa shape index (κ2) is 7.29. The van der Waals surface area contributed by atoms with E-state index < -0.39 is 4.51 Å². The smallest absolute Gasteiger partial charge is 0.180 e. The quantitative estimate of drug-likeness (QED) is 0.533. The highest BCUT2D eigenvalue weighted by atomic mass is 79.9. The van der Waals surface area contributed by atoms with Crippen LogP contribution in [0.4, 0.5) is 0 Å². The minimum atomic E-state index is -0.503. The van der Waals surface area contributed by atoms with Crippen LogP contribution in [0.25, 0.3) is 0 Å². The number of aliphatic hydroxyl groups excluding tert-OH is 1. The van der Waals surface area contributed by atoms with Crippen LogP contribution in [0.3, 0.4) is 0 Å². The fraction of sp³-hybridized carbons (Fsp3) is 0.600. The van der Waals surface area contributed by atoms with Crippen LogP contribution in [-0.4, -0.2) is 29.1 Å². The Labute approximate surface area is 157 Å². The molecule has 25 heavy (non-hydrogen) atoms. The lowest BCUT2D eigenvalue weighted by molar-refractivity contribution is -0.162. The van der Waals surface area contributed by atoms with E-state index in [1.54, 1.807) is 0 Å². The van der Waals surface area contributed by atoms with E-state index in [0.717, 1.165) is 51.1 Å². The third-order valence-corrected chi connectivity index (χ3v) is 6.20. The van der Waals surface area contributed by atoms with Crippen molar-refractivity contribution in [2.24, 2.45) is 0 Å². The molecule has 1 aromatic rings. The summed E-state index contributed by atoms with van der Waals surface area (Å²) in [7, 11) is 0. The molecule has 4 nitrogen and oxygen atoms in total. The third-order valence-electron chi connectivity index (χ3n) is 5.26. The molecule has 1 fully saturated rings. The third kappa shape index (κ3) is 3.60. The van der Waals surface area contributed by atoms with Crippen molar-refractivity contribution in [3.05, 3.63) is 41.2 Å². The van der Waals surface area contributed by atoms with Gasteiger partial charge in [0.15, 0.2) is 10.8 Å². The van der Waals surface area contributed by atoms with Crippen LogP contribution in [0.2, 0.25) is 0 Å². The average Bonchev–Trinajstić information content (AvgIpc) is 3.04. The van der Waals surface area contributed by atoms with Gasteiger partial charge in [0.25, 0.3) is 0 Å². The number of hydrogen-bond acceptors (Lipinski definition) is 4. The van der Waals surface area contributed by atoms with Crippen molar-refractivity contribution in [1.82, 2.24) is 0 Å². The summed E-state index contributed by atoms with van der Waals surface area (Å²) in [6.45, 7) is 1.58. The molecule has 1 aliphatic carbocycles. The van der Waals surface area contributed by atoms with Crippen LogP contribution in [-0.2, 0) is 15.9 Å². The number of benzene rings is 1. The molecule has 0 aromatic heterocycles. The highest BCUT2D eigenvalue weighted by molar-refractivity contribution is 9.10. The molecular weight excluding hydrogens is 384 g/mol. The lowest BCUT2D eigenvalue weighted by Gasteiger charge is -2.22. The van der Waals surface area contributed by atoms with Gasteiger partial charge >= 0.3 is 0 Å². The van der Waals surface area contributed by atoms with Gasteiger partial charge in [0.05, 0.1) is 18.1 Å². The van der Waals surface area contributed by atoms with Crippen LogP contribution >= 0.6 is 15.9 Å². The summed E-state index contributed by atoms with van der Waals surface area (Å²) in [5.74, 6) is 1.49. The van der Waals surface area contributed by atoms with Crippen molar-refractivity contribution in [2.75, 3.05) is 13.2 Å². The topological polar surface area (TPSA) is 47.9 Å². The maximum atomic E-state index is 9.83. The van der Waals surface area contributed by atoms with Crippen molar-refractivity contribution in [3.63, 3.8) is 0 Å². The SMILES string of the molecule is OC1=C[C@@H]2c3cccc(CCCCOC4CCCCO4)c3O[C@]2(Br)C1. The molecule has 4 rings (SSSR count). The number of halogens is 1. The summed E-state index contributed by atoms with van der Waals surface area (Å²) in [6.07, 6.45) is 8.87. The van der Waals surface area contributed by atoms with Crippen LogP contribution in [0.15, 0.2) is 30.0 Å². The highest BCUT2D eigenvalue weighted by Gasteiger charge is 2.50. The lowest BCUT2D eigenvalue weighted by Crippen LogP contribution is -2.26. The molecule has 1 N–H and O–H groups in total. The molecule has 5 heteroatoms. The van der Waals surface area contributed by atoms with Gasteiger partial charge in [-0.25, -0.2) is 0 Å². The second-order valence-electron chi connectivity index (χ2n) is 7.16. The van der Waals surface area contributed by atoms with Gasteiger partial charge in [0, 0.05) is 18.8 Å². The molecule has 0 radical (unpaired) electrons. The number of fused-ring (bicyclic) bond motifs is 3. The molecule has 1 saturated heterocycles. The Hall–Kier alpha value is -1.04. The standard InChI is InChI=1S/C20H25BrO4/c21-20-13-15(22)12-17(20)16-8-5-7-14(19(16)25-20)6-1-3-10-23-18-9-2-4-11-24-18/h5,7-8,12,17-18,22H,1-4,6,9-11,13H2/t17-,18?,20-/m1/s1. The zero-order chi connectivity index (χ0) is 17.3. The van der Waals surface area contributed by atoms with Crippen molar-refractivity contribution >= 4 is 15.9 Å². The zero-order valence-corrected chi connectivity index (χ0v) is 16.0. The number of hydrogen-bond donors (Lipinski definition) is 1.